The van der Waals surface area contributed by atoms with Crippen molar-refractivity contribution in [1.82, 2.24) is 4.57 Å². The van der Waals surface area contributed by atoms with Crippen LogP contribution in [0, 0.1) is 0 Å². The molecule has 1 nitrogen and oxygen atoms in total. The second-order valence-electron chi connectivity index (χ2n) is 7.91. The van der Waals surface area contributed by atoms with Gasteiger partial charge in [-0.05, 0) is 51.9 Å². The number of halogens is 1. The molecule has 0 saturated heterocycles. The third-order valence-electron chi connectivity index (χ3n) is 6.34. The van der Waals surface area contributed by atoms with Crippen molar-refractivity contribution >= 4 is 44.4 Å². The summed E-state index contributed by atoms with van der Waals surface area (Å²) in [6.45, 7) is 0. The zero-order chi connectivity index (χ0) is 19.5. The van der Waals surface area contributed by atoms with Crippen molar-refractivity contribution in [3.8, 4) is 22.3 Å². The van der Waals surface area contributed by atoms with Gasteiger partial charge in [0, 0.05) is 32.8 Å². The molecule has 5 aromatic rings. The zero-order valence-corrected chi connectivity index (χ0v) is 18.4. The van der Waals surface area contributed by atoms with Gasteiger partial charge < -0.3 is 4.57 Å². The molecule has 0 fully saturated rings. The lowest BCUT2D eigenvalue weighted by atomic mass is 9.81. The van der Waals surface area contributed by atoms with Crippen molar-refractivity contribution in [2.24, 2.45) is 7.05 Å². The van der Waals surface area contributed by atoms with E-state index in [4.69, 9.17) is 0 Å². The Balaban J connectivity index is 1.63. The predicted molar refractivity (Wildman–Crippen MR) is 132 cm³/mol. The molecule has 2 heteroatoms. The molecule has 1 heterocycles. The molecule has 0 radical (unpaired) electrons. The maximum atomic E-state index is 2.59. The van der Waals surface area contributed by atoms with E-state index in [0.29, 0.717) is 3.92 Å². The molecule has 140 valence electrons. The monoisotopic (exact) mass is 485 g/mol. The smallest absolute Gasteiger partial charge is 0.0494 e. The number of aromatic nitrogens is 1. The Labute approximate surface area is 184 Å². The number of benzene rings is 4. The van der Waals surface area contributed by atoms with Crippen LogP contribution in [-0.4, -0.2) is 4.57 Å². The first kappa shape index (κ1) is 17.3. The van der Waals surface area contributed by atoms with Crippen LogP contribution in [0.3, 0.4) is 0 Å². The van der Waals surface area contributed by atoms with Crippen molar-refractivity contribution in [2.75, 3.05) is 0 Å². The molecule has 1 unspecified atom stereocenters. The molecule has 1 atom stereocenters. The molecule has 0 bridgehead atoms. The van der Waals surface area contributed by atoms with Crippen molar-refractivity contribution in [1.29, 1.82) is 0 Å². The topological polar surface area (TPSA) is 4.93 Å². The van der Waals surface area contributed by atoms with Crippen LogP contribution < -0.4 is 0 Å². The first-order valence-corrected chi connectivity index (χ1v) is 11.3. The van der Waals surface area contributed by atoms with Crippen LogP contribution in [0.5, 0.6) is 0 Å². The first-order chi connectivity index (χ1) is 14.2. The Bertz CT molecular complexity index is 1410. The highest BCUT2D eigenvalue weighted by Crippen LogP contribution is 2.47. The molecule has 0 spiro atoms. The molecule has 0 amide bonds. The van der Waals surface area contributed by atoms with Crippen LogP contribution in [0.25, 0.3) is 44.1 Å². The normalized spacial score (nSPS) is 15.4. The second-order valence-corrected chi connectivity index (χ2v) is 9.41. The van der Waals surface area contributed by atoms with Gasteiger partial charge in [-0.2, -0.15) is 0 Å². The summed E-state index contributed by atoms with van der Waals surface area (Å²) in [4.78, 5) is 0. The van der Waals surface area contributed by atoms with Crippen molar-refractivity contribution in [3.05, 3.63) is 96.1 Å². The van der Waals surface area contributed by atoms with Crippen LogP contribution in [0.4, 0.5) is 0 Å². The Morgan fingerprint density at radius 1 is 0.759 bits per heavy atom. The van der Waals surface area contributed by atoms with E-state index in [1.807, 2.05) is 0 Å². The minimum atomic E-state index is 0.534. The predicted octanol–water partition coefficient (Wildman–Crippen LogP) is 7.70. The Kier molecular flexibility index (Phi) is 3.85. The summed E-state index contributed by atoms with van der Waals surface area (Å²) in [7, 11) is 2.17. The lowest BCUT2D eigenvalue weighted by Gasteiger charge is -2.26. The highest BCUT2D eigenvalue weighted by Gasteiger charge is 2.25. The first-order valence-electron chi connectivity index (χ1n) is 10.0. The van der Waals surface area contributed by atoms with Gasteiger partial charge in [0.25, 0.3) is 0 Å². The third-order valence-corrected chi connectivity index (χ3v) is 7.45. The van der Waals surface area contributed by atoms with Crippen molar-refractivity contribution in [3.63, 3.8) is 0 Å². The van der Waals surface area contributed by atoms with Gasteiger partial charge in [-0.25, -0.2) is 0 Å². The number of nitrogens with zero attached hydrogens (tertiary/aromatic N) is 1. The Morgan fingerprint density at radius 2 is 1.52 bits per heavy atom. The van der Waals surface area contributed by atoms with Crippen molar-refractivity contribution < 1.29 is 0 Å². The summed E-state index contributed by atoms with van der Waals surface area (Å²) in [5.41, 5.74) is 10.9. The van der Waals surface area contributed by atoms with Gasteiger partial charge in [0.15, 0.2) is 0 Å². The molecule has 4 aromatic carbocycles. The van der Waals surface area contributed by atoms with E-state index in [1.165, 1.54) is 55.2 Å². The molecule has 1 aliphatic carbocycles. The van der Waals surface area contributed by atoms with Crippen LogP contribution in [0.15, 0.2) is 84.9 Å². The van der Waals surface area contributed by atoms with Crippen LogP contribution >= 0.6 is 22.6 Å². The SMILES string of the molecule is Cn1c2ccccc2c2ccc(-c3cccc4c3-c3ccccc3C(I)C4)cc21. The van der Waals surface area contributed by atoms with E-state index >= 15 is 0 Å². The van der Waals surface area contributed by atoms with Gasteiger partial charge in [0.2, 0.25) is 0 Å². The lowest BCUT2D eigenvalue weighted by Crippen LogP contribution is -2.07. The minimum Gasteiger partial charge on any atom is -0.344 e. The van der Waals surface area contributed by atoms with Gasteiger partial charge in [0.05, 0.1) is 0 Å². The molecule has 0 aliphatic heterocycles. The standard InChI is InChI=1S/C27H20IN/c1-29-25-12-5-4-9-21(25)22-14-13-17(16-26(22)29)19-11-6-7-18-15-24(28)20-8-2-3-10-23(20)27(18)19/h2-14,16,24H,15H2,1H3. The largest absolute Gasteiger partial charge is 0.344 e. The summed E-state index contributed by atoms with van der Waals surface area (Å²) in [5, 5.41) is 2.65. The fourth-order valence-corrected chi connectivity index (χ4v) is 5.98. The molecule has 6 rings (SSSR count). The van der Waals surface area contributed by atoms with E-state index in [0.717, 1.165) is 6.42 Å². The summed E-state index contributed by atoms with van der Waals surface area (Å²) in [5.74, 6) is 0. The zero-order valence-electron chi connectivity index (χ0n) is 16.2. The fourth-order valence-electron chi connectivity index (χ4n) is 4.96. The van der Waals surface area contributed by atoms with Gasteiger partial charge in [-0.3, -0.25) is 0 Å². The fraction of sp³-hybridized carbons (Fsp3) is 0.111. The van der Waals surface area contributed by atoms with E-state index in [1.54, 1.807) is 0 Å². The Morgan fingerprint density at radius 3 is 2.45 bits per heavy atom. The van der Waals surface area contributed by atoms with Gasteiger partial charge >= 0.3 is 0 Å². The summed E-state index contributed by atoms with van der Waals surface area (Å²) in [6, 6.07) is 31.3. The third kappa shape index (κ3) is 2.52. The summed E-state index contributed by atoms with van der Waals surface area (Å²) in [6.07, 6.45) is 1.09. The summed E-state index contributed by atoms with van der Waals surface area (Å²) < 4.78 is 2.85. The van der Waals surface area contributed by atoms with E-state index in [-0.39, 0.29) is 0 Å². The molecule has 1 aliphatic rings. The molecule has 1 aromatic heterocycles. The van der Waals surface area contributed by atoms with Gasteiger partial charge in [-0.1, -0.05) is 95.4 Å². The maximum Gasteiger partial charge on any atom is 0.0494 e. The number of hydrogen-bond acceptors (Lipinski definition) is 0. The lowest BCUT2D eigenvalue weighted by molar-refractivity contribution is 0.948. The van der Waals surface area contributed by atoms with Gasteiger partial charge in [0.1, 0.15) is 0 Å². The van der Waals surface area contributed by atoms with Crippen LogP contribution in [0.1, 0.15) is 15.1 Å². The van der Waals surface area contributed by atoms with E-state index < -0.39 is 0 Å². The van der Waals surface area contributed by atoms with Crippen LogP contribution in [0.2, 0.25) is 0 Å². The highest BCUT2D eigenvalue weighted by molar-refractivity contribution is 14.1. The number of fused-ring (bicyclic) bond motifs is 6. The highest BCUT2D eigenvalue weighted by atomic mass is 127. The number of hydrogen-bond donors (Lipinski definition) is 0. The molecule has 29 heavy (non-hydrogen) atoms. The average Bonchev–Trinajstić information content (AvgIpc) is 3.05. The minimum absolute atomic E-state index is 0.534. The summed E-state index contributed by atoms with van der Waals surface area (Å²) >= 11 is 2.59. The molecule has 0 saturated carbocycles. The number of para-hydroxylation sites is 1. The average molecular weight is 485 g/mol. The quantitative estimate of drug-likeness (QED) is 0.169. The molecular formula is C27H20IN. The molecule has 0 N–H and O–H groups in total. The Hall–Kier alpha value is -2.59. The van der Waals surface area contributed by atoms with Crippen molar-refractivity contribution in [2.45, 2.75) is 10.3 Å². The molecular weight excluding hydrogens is 465 g/mol. The van der Waals surface area contributed by atoms with Gasteiger partial charge in [-0.15, -0.1) is 0 Å². The number of aryl methyl sites for hydroxylation is 1. The maximum absolute atomic E-state index is 2.59. The van der Waals surface area contributed by atoms with E-state index in [9.17, 15) is 0 Å². The number of rotatable bonds is 1. The number of alkyl halides is 1. The second kappa shape index (κ2) is 6.46. The van der Waals surface area contributed by atoms with Crippen LogP contribution in [-0.2, 0) is 13.5 Å². The van der Waals surface area contributed by atoms with E-state index in [2.05, 4.69) is 119 Å².